The second-order valence-corrected chi connectivity index (χ2v) is 3.94. The van der Waals surface area contributed by atoms with Crippen molar-refractivity contribution in [3.8, 4) is 17.0 Å². The molecule has 0 unspecified atom stereocenters. The molecule has 1 aromatic carbocycles. The van der Waals surface area contributed by atoms with E-state index in [0.717, 1.165) is 0 Å². The summed E-state index contributed by atoms with van der Waals surface area (Å²) in [5.74, 6) is -1.55. The predicted octanol–water partition coefficient (Wildman–Crippen LogP) is 2.28. The number of hydrogen-bond donors (Lipinski definition) is 1. The maximum atomic E-state index is 12.9. The summed E-state index contributed by atoms with van der Waals surface area (Å²) in [6.45, 7) is 0. The first kappa shape index (κ1) is 13.4. The van der Waals surface area contributed by atoms with Gasteiger partial charge < -0.3 is 9.84 Å². The van der Waals surface area contributed by atoms with E-state index in [1.54, 1.807) is 7.05 Å². The first-order valence-corrected chi connectivity index (χ1v) is 5.83. The molecular formula is C12H10ClFN2O3. The van der Waals surface area contributed by atoms with Gasteiger partial charge in [0, 0.05) is 12.6 Å². The number of benzene rings is 1. The van der Waals surface area contributed by atoms with E-state index in [4.69, 9.17) is 11.6 Å². The van der Waals surface area contributed by atoms with E-state index < -0.39 is 11.8 Å². The minimum atomic E-state index is -0.823. The standard InChI is InChI=1S/C12H10ClFN2O3/c1-16-10(7-2-4-8(14)5-3-7)11(17)9(15-16)12(18)19-6-13/h2-5,17H,6H2,1H3. The molecule has 7 heteroatoms. The smallest absolute Gasteiger partial charge is 0.363 e. The molecule has 0 radical (unpaired) electrons. The van der Waals surface area contributed by atoms with Crippen molar-refractivity contribution >= 4 is 17.6 Å². The van der Waals surface area contributed by atoms with Crippen LogP contribution in [-0.2, 0) is 11.8 Å². The predicted molar refractivity (Wildman–Crippen MR) is 66.4 cm³/mol. The van der Waals surface area contributed by atoms with E-state index in [1.165, 1.54) is 28.9 Å². The number of halogens is 2. The fraction of sp³-hybridized carbons (Fsp3) is 0.167. The quantitative estimate of drug-likeness (QED) is 0.694. The molecule has 5 nitrogen and oxygen atoms in total. The molecule has 0 saturated carbocycles. The fourth-order valence-corrected chi connectivity index (χ4v) is 1.80. The first-order chi connectivity index (χ1) is 9.04. The van der Waals surface area contributed by atoms with Crippen molar-refractivity contribution in [3.63, 3.8) is 0 Å². The van der Waals surface area contributed by atoms with Crippen LogP contribution in [0.1, 0.15) is 10.5 Å². The highest BCUT2D eigenvalue weighted by atomic mass is 35.5. The molecule has 1 aromatic heterocycles. The lowest BCUT2D eigenvalue weighted by Gasteiger charge is -2.02. The summed E-state index contributed by atoms with van der Waals surface area (Å²) >= 11 is 5.28. The number of rotatable bonds is 3. The van der Waals surface area contributed by atoms with Gasteiger partial charge in [0.15, 0.2) is 11.8 Å². The van der Waals surface area contributed by atoms with E-state index in [-0.39, 0.29) is 17.5 Å². The zero-order valence-electron chi connectivity index (χ0n) is 9.93. The second-order valence-electron chi connectivity index (χ2n) is 3.72. The van der Waals surface area contributed by atoms with Crippen LogP contribution in [0, 0.1) is 5.82 Å². The normalized spacial score (nSPS) is 10.5. The molecule has 0 aliphatic heterocycles. The van der Waals surface area contributed by atoms with Crippen LogP contribution in [0.4, 0.5) is 4.39 Å². The molecule has 0 bridgehead atoms. The zero-order valence-corrected chi connectivity index (χ0v) is 10.7. The maximum absolute atomic E-state index is 12.9. The molecule has 19 heavy (non-hydrogen) atoms. The second kappa shape index (κ2) is 5.27. The highest BCUT2D eigenvalue weighted by Crippen LogP contribution is 2.32. The lowest BCUT2D eigenvalue weighted by Crippen LogP contribution is -2.05. The summed E-state index contributed by atoms with van der Waals surface area (Å²) in [4.78, 5) is 11.5. The Morgan fingerprint density at radius 3 is 2.68 bits per heavy atom. The minimum Gasteiger partial charge on any atom is -0.504 e. The monoisotopic (exact) mass is 284 g/mol. The number of aryl methyl sites for hydroxylation is 1. The molecular weight excluding hydrogens is 275 g/mol. The molecule has 0 atom stereocenters. The molecule has 2 rings (SSSR count). The summed E-state index contributed by atoms with van der Waals surface area (Å²) in [6, 6.07) is 5.11. The average molecular weight is 285 g/mol. The Morgan fingerprint density at radius 2 is 2.11 bits per heavy atom. The number of aromatic nitrogens is 2. The van der Waals surface area contributed by atoms with Crippen molar-refractivity contribution in [3.05, 3.63) is 35.8 Å². The van der Waals surface area contributed by atoms with Crippen molar-refractivity contribution in [2.75, 3.05) is 6.07 Å². The van der Waals surface area contributed by atoms with E-state index in [2.05, 4.69) is 9.84 Å². The Balaban J connectivity index is 2.47. The largest absolute Gasteiger partial charge is 0.504 e. The van der Waals surface area contributed by atoms with Crippen molar-refractivity contribution in [1.82, 2.24) is 9.78 Å². The maximum Gasteiger partial charge on any atom is 0.363 e. The van der Waals surface area contributed by atoms with Crippen molar-refractivity contribution in [2.45, 2.75) is 0 Å². The van der Waals surface area contributed by atoms with E-state index >= 15 is 0 Å². The number of alkyl halides is 1. The number of carbonyl (C=O) groups is 1. The summed E-state index contributed by atoms with van der Waals surface area (Å²) in [5.41, 5.74) is 0.586. The Kier molecular flexibility index (Phi) is 3.71. The first-order valence-electron chi connectivity index (χ1n) is 5.29. The topological polar surface area (TPSA) is 64.4 Å². The number of ether oxygens (including phenoxy) is 1. The molecule has 0 spiro atoms. The van der Waals surface area contributed by atoms with Gasteiger partial charge in [0.2, 0.25) is 5.69 Å². The van der Waals surface area contributed by atoms with Crippen LogP contribution >= 0.6 is 11.6 Å². The Labute approximate surface area is 113 Å². The van der Waals surface area contributed by atoms with Gasteiger partial charge in [0.1, 0.15) is 11.5 Å². The zero-order chi connectivity index (χ0) is 14.0. The number of hydrogen-bond acceptors (Lipinski definition) is 4. The third kappa shape index (κ3) is 2.53. The Hall–Kier alpha value is -2.08. The van der Waals surface area contributed by atoms with Crippen LogP contribution in [-0.4, -0.2) is 26.9 Å². The molecule has 0 fully saturated rings. The molecule has 1 heterocycles. The van der Waals surface area contributed by atoms with Gasteiger partial charge >= 0.3 is 5.97 Å². The van der Waals surface area contributed by atoms with Gasteiger partial charge in [-0.15, -0.1) is 0 Å². The van der Waals surface area contributed by atoms with Crippen molar-refractivity contribution < 1.29 is 19.0 Å². The molecule has 0 saturated heterocycles. The SMILES string of the molecule is Cn1nc(C(=O)OCCl)c(O)c1-c1ccc(F)cc1. The van der Waals surface area contributed by atoms with Crippen LogP contribution in [0.2, 0.25) is 0 Å². The summed E-state index contributed by atoms with van der Waals surface area (Å²) in [7, 11) is 1.55. The third-order valence-corrected chi connectivity index (χ3v) is 2.63. The average Bonchev–Trinajstić information content (AvgIpc) is 2.67. The molecule has 2 aromatic rings. The van der Waals surface area contributed by atoms with E-state index in [0.29, 0.717) is 11.3 Å². The third-order valence-electron chi connectivity index (χ3n) is 2.52. The van der Waals surface area contributed by atoms with Crippen LogP contribution in [0.5, 0.6) is 5.75 Å². The lowest BCUT2D eigenvalue weighted by atomic mass is 10.1. The van der Waals surface area contributed by atoms with E-state index in [9.17, 15) is 14.3 Å². The van der Waals surface area contributed by atoms with E-state index in [1.807, 2.05) is 0 Å². The molecule has 0 aliphatic carbocycles. The van der Waals surface area contributed by atoms with Gasteiger partial charge in [0.25, 0.3) is 0 Å². The van der Waals surface area contributed by atoms with Crippen LogP contribution in [0.3, 0.4) is 0 Å². The molecule has 0 amide bonds. The van der Waals surface area contributed by atoms with Gasteiger partial charge in [0.05, 0.1) is 0 Å². The summed E-state index contributed by atoms with van der Waals surface area (Å²) < 4.78 is 18.7. The van der Waals surface area contributed by atoms with Gasteiger partial charge in [-0.2, -0.15) is 5.10 Å². The van der Waals surface area contributed by atoms with Crippen molar-refractivity contribution in [1.29, 1.82) is 0 Å². The molecule has 100 valence electrons. The summed E-state index contributed by atoms with van der Waals surface area (Å²) in [6.07, 6.45) is 0. The van der Waals surface area contributed by atoms with Gasteiger partial charge in [-0.3, -0.25) is 4.68 Å². The number of aromatic hydroxyl groups is 1. The van der Waals surface area contributed by atoms with Gasteiger partial charge in [-0.1, -0.05) is 11.6 Å². The molecule has 1 N–H and O–H groups in total. The fourth-order valence-electron chi connectivity index (χ4n) is 1.70. The minimum absolute atomic E-state index is 0.234. The molecule has 0 aliphatic rings. The van der Waals surface area contributed by atoms with Crippen LogP contribution < -0.4 is 0 Å². The highest BCUT2D eigenvalue weighted by Gasteiger charge is 2.23. The Morgan fingerprint density at radius 1 is 1.47 bits per heavy atom. The van der Waals surface area contributed by atoms with Gasteiger partial charge in [-0.25, -0.2) is 9.18 Å². The number of esters is 1. The number of carbonyl (C=O) groups excluding carboxylic acids is 1. The highest BCUT2D eigenvalue weighted by molar-refractivity contribution is 6.17. The van der Waals surface area contributed by atoms with Crippen molar-refractivity contribution in [2.24, 2.45) is 7.05 Å². The lowest BCUT2D eigenvalue weighted by molar-refractivity contribution is 0.0563. The van der Waals surface area contributed by atoms with Crippen LogP contribution in [0.25, 0.3) is 11.3 Å². The number of nitrogens with zero attached hydrogens (tertiary/aromatic N) is 2. The van der Waals surface area contributed by atoms with Gasteiger partial charge in [-0.05, 0) is 24.3 Å². The Bertz CT molecular complexity index is 610. The van der Waals surface area contributed by atoms with Crippen LogP contribution in [0.15, 0.2) is 24.3 Å². The summed E-state index contributed by atoms with van der Waals surface area (Å²) in [5, 5.41) is 13.9.